The van der Waals surface area contributed by atoms with Crippen LogP contribution in [0.4, 0.5) is 0 Å². The lowest BCUT2D eigenvalue weighted by Crippen LogP contribution is -2.07. The predicted molar refractivity (Wildman–Crippen MR) is 62.4 cm³/mol. The number of rotatable bonds is 5. The van der Waals surface area contributed by atoms with E-state index in [1.807, 2.05) is 13.0 Å². The lowest BCUT2D eigenvalue weighted by atomic mass is 10.1. The van der Waals surface area contributed by atoms with Gasteiger partial charge in [-0.15, -0.1) is 0 Å². The average Bonchev–Trinajstić information content (AvgIpc) is 2.35. The van der Waals surface area contributed by atoms with Crippen LogP contribution in [0, 0.1) is 0 Å². The molecule has 0 radical (unpaired) electrons. The van der Waals surface area contributed by atoms with Crippen LogP contribution in [-0.4, -0.2) is 18.4 Å². The van der Waals surface area contributed by atoms with Crippen LogP contribution in [0.15, 0.2) is 41.5 Å². The molecular formula is C12H12N2O2. The van der Waals surface area contributed by atoms with Crippen LogP contribution < -0.4 is 5.43 Å². The fourth-order valence-corrected chi connectivity index (χ4v) is 1.18. The smallest absolute Gasteiger partial charge is 0.227 e. The number of amides is 1. The number of hydrazone groups is 1. The molecule has 16 heavy (non-hydrogen) atoms. The minimum atomic E-state index is 0.503. The largest absolute Gasteiger partial charge is 0.298 e. The molecule has 1 aromatic carbocycles. The summed E-state index contributed by atoms with van der Waals surface area (Å²) in [4.78, 5) is 20.6. The molecule has 4 heteroatoms. The van der Waals surface area contributed by atoms with Gasteiger partial charge in [-0.05, 0) is 13.0 Å². The van der Waals surface area contributed by atoms with Crippen molar-refractivity contribution in [2.45, 2.75) is 6.92 Å². The topological polar surface area (TPSA) is 58.5 Å². The van der Waals surface area contributed by atoms with E-state index in [9.17, 15) is 9.59 Å². The molecule has 0 fully saturated rings. The minimum Gasteiger partial charge on any atom is -0.298 e. The van der Waals surface area contributed by atoms with Gasteiger partial charge in [0.2, 0.25) is 6.41 Å². The standard InChI is InChI=1S/C12H12N2O2/c1-2-3-12(14-13-9-16)11-6-4-10(8-15)5-7-11/h2-9H,1H3,(H,13,16)/b3-2-,14-12+. The Kier molecular flexibility index (Phi) is 4.66. The Labute approximate surface area is 93.7 Å². The summed E-state index contributed by atoms with van der Waals surface area (Å²) in [6.07, 6.45) is 4.87. The number of hydrogen-bond acceptors (Lipinski definition) is 3. The fourth-order valence-electron chi connectivity index (χ4n) is 1.18. The van der Waals surface area contributed by atoms with Gasteiger partial charge in [-0.1, -0.05) is 30.3 Å². The highest BCUT2D eigenvalue weighted by Crippen LogP contribution is 2.05. The van der Waals surface area contributed by atoms with Gasteiger partial charge in [0.05, 0.1) is 5.71 Å². The number of hydrogen-bond donors (Lipinski definition) is 1. The average molecular weight is 216 g/mol. The van der Waals surface area contributed by atoms with Crippen molar-refractivity contribution in [2.75, 3.05) is 0 Å². The first-order valence-corrected chi connectivity index (χ1v) is 4.77. The maximum atomic E-state index is 10.5. The van der Waals surface area contributed by atoms with Gasteiger partial charge in [0.25, 0.3) is 0 Å². The SMILES string of the molecule is C/C=C\C(=N/NC=O)c1ccc(C=O)cc1. The van der Waals surface area contributed by atoms with E-state index in [-0.39, 0.29) is 0 Å². The van der Waals surface area contributed by atoms with Crippen LogP contribution in [-0.2, 0) is 4.79 Å². The Balaban J connectivity index is 3.01. The van der Waals surface area contributed by atoms with E-state index in [0.717, 1.165) is 11.8 Å². The zero-order valence-corrected chi connectivity index (χ0v) is 8.88. The summed E-state index contributed by atoms with van der Waals surface area (Å²) in [5, 5.41) is 3.88. The zero-order valence-electron chi connectivity index (χ0n) is 8.88. The second-order valence-corrected chi connectivity index (χ2v) is 2.98. The summed E-state index contributed by atoms with van der Waals surface area (Å²) in [5.74, 6) is 0. The Hall–Kier alpha value is -2.23. The van der Waals surface area contributed by atoms with Crippen molar-refractivity contribution in [1.29, 1.82) is 0 Å². The van der Waals surface area contributed by atoms with Crippen molar-refractivity contribution in [3.05, 3.63) is 47.5 Å². The Bertz CT molecular complexity index is 419. The van der Waals surface area contributed by atoms with Crippen LogP contribution >= 0.6 is 0 Å². The maximum absolute atomic E-state index is 10.5. The highest BCUT2D eigenvalue weighted by atomic mass is 16.1. The summed E-state index contributed by atoms with van der Waals surface area (Å²) in [6, 6.07) is 6.94. The third-order valence-corrected chi connectivity index (χ3v) is 1.90. The van der Waals surface area contributed by atoms with E-state index >= 15 is 0 Å². The normalized spacial score (nSPS) is 11.4. The molecule has 0 aliphatic heterocycles. The summed E-state index contributed by atoms with van der Waals surface area (Å²) in [7, 11) is 0. The van der Waals surface area contributed by atoms with Gasteiger partial charge in [0, 0.05) is 11.1 Å². The number of carbonyl (C=O) groups is 2. The van der Waals surface area contributed by atoms with E-state index in [1.54, 1.807) is 30.3 Å². The fraction of sp³-hybridized carbons (Fsp3) is 0.0833. The van der Waals surface area contributed by atoms with E-state index in [2.05, 4.69) is 10.5 Å². The molecule has 0 heterocycles. The Morgan fingerprint density at radius 3 is 2.44 bits per heavy atom. The van der Waals surface area contributed by atoms with E-state index in [4.69, 9.17) is 0 Å². The van der Waals surface area contributed by atoms with E-state index in [0.29, 0.717) is 17.7 Å². The monoisotopic (exact) mass is 216 g/mol. The molecule has 82 valence electrons. The van der Waals surface area contributed by atoms with Crippen LogP contribution in [0.1, 0.15) is 22.8 Å². The quantitative estimate of drug-likeness (QED) is 0.461. The maximum Gasteiger partial charge on any atom is 0.227 e. The number of benzene rings is 1. The lowest BCUT2D eigenvalue weighted by molar-refractivity contribution is -0.109. The summed E-state index contributed by atoms with van der Waals surface area (Å²) >= 11 is 0. The van der Waals surface area contributed by atoms with Crippen molar-refractivity contribution in [2.24, 2.45) is 5.10 Å². The third kappa shape index (κ3) is 3.16. The highest BCUT2D eigenvalue weighted by molar-refractivity contribution is 6.08. The molecule has 1 aromatic rings. The molecule has 0 unspecified atom stereocenters. The van der Waals surface area contributed by atoms with Crippen LogP contribution in [0.2, 0.25) is 0 Å². The second kappa shape index (κ2) is 6.29. The number of nitrogens with zero attached hydrogens (tertiary/aromatic N) is 1. The first-order valence-electron chi connectivity index (χ1n) is 4.77. The van der Waals surface area contributed by atoms with Crippen molar-refractivity contribution >= 4 is 18.4 Å². The van der Waals surface area contributed by atoms with Gasteiger partial charge >= 0.3 is 0 Å². The van der Waals surface area contributed by atoms with Crippen LogP contribution in [0.5, 0.6) is 0 Å². The van der Waals surface area contributed by atoms with Crippen LogP contribution in [0.25, 0.3) is 0 Å². The van der Waals surface area contributed by atoms with Crippen LogP contribution in [0.3, 0.4) is 0 Å². The molecule has 1 N–H and O–H groups in total. The third-order valence-electron chi connectivity index (χ3n) is 1.90. The lowest BCUT2D eigenvalue weighted by Gasteiger charge is -2.01. The molecule has 4 nitrogen and oxygen atoms in total. The Morgan fingerprint density at radius 2 is 1.94 bits per heavy atom. The molecule has 0 bridgehead atoms. The highest BCUT2D eigenvalue weighted by Gasteiger charge is 1.99. The molecular weight excluding hydrogens is 204 g/mol. The Morgan fingerprint density at radius 1 is 1.25 bits per heavy atom. The number of nitrogens with one attached hydrogen (secondary N) is 1. The van der Waals surface area contributed by atoms with Gasteiger partial charge in [-0.2, -0.15) is 5.10 Å². The molecule has 0 saturated heterocycles. The number of allylic oxidation sites excluding steroid dienone is 2. The molecule has 0 aromatic heterocycles. The van der Waals surface area contributed by atoms with E-state index < -0.39 is 0 Å². The van der Waals surface area contributed by atoms with Crippen molar-refractivity contribution in [3.63, 3.8) is 0 Å². The summed E-state index contributed by atoms with van der Waals surface area (Å²) in [6.45, 7) is 1.86. The number of aldehydes is 1. The van der Waals surface area contributed by atoms with Gasteiger partial charge in [-0.3, -0.25) is 9.59 Å². The first kappa shape index (κ1) is 11.8. The molecule has 0 aliphatic carbocycles. The van der Waals surface area contributed by atoms with Gasteiger partial charge in [-0.25, -0.2) is 5.43 Å². The molecule has 1 rings (SSSR count). The summed E-state index contributed by atoms with van der Waals surface area (Å²) in [5.41, 5.74) is 4.31. The van der Waals surface area contributed by atoms with Crippen molar-refractivity contribution < 1.29 is 9.59 Å². The van der Waals surface area contributed by atoms with Crippen molar-refractivity contribution in [3.8, 4) is 0 Å². The number of carbonyl (C=O) groups excluding carboxylic acids is 2. The summed E-state index contributed by atoms with van der Waals surface area (Å²) < 4.78 is 0. The van der Waals surface area contributed by atoms with Gasteiger partial charge < -0.3 is 0 Å². The predicted octanol–water partition coefficient (Wildman–Crippen LogP) is 1.53. The molecule has 1 amide bonds. The van der Waals surface area contributed by atoms with Gasteiger partial charge in [0.15, 0.2) is 0 Å². The zero-order chi connectivity index (χ0) is 11.8. The minimum absolute atomic E-state index is 0.503. The molecule has 0 spiro atoms. The van der Waals surface area contributed by atoms with E-state index in [1.165, 1.54) is 0 Å². The van der Waals surface area contributed by atoms with Crippen molar-refractivity contribution in [1.82, 2.24) is 5.43 Å². The van der Waals surface area contributed by atoms with Gasteiger partial charge in [0.1, 0.15) is 6.29 Å². The first-order chi connectivity index (χ1) is 7.81. The molecule has 0 saturated carbocycles. The molecule has 0 atom stereocenters. The second-order valence-electron chi connectivity index (χ2n) is 2.98. The molecule has 0 aliphatic rings.